The van der Waals surface area contributed by atoms with Crippen LogP contribution in [0.5, 0.6) is 0 Å². The van der Waals surface area contributed by atoms with Gasteiger partial charge in [-0.15, -0.1) is 0 Å². The summed E-state index contributed by atoms with van der Waals surface area (Å²) < 4.78 is 25.6. The maximum absolute atomic E-state index is 11.7. The third kappa shape index (κ3) is 6.85. The molecule has 0 spiro atoms. The van der Waals surface area contributed by atoms with Crippen LogP contribution in [0.2, 0.25) is 0 Å². The summed E-state index contributed by atoms with van der Waals surface area (Å²) in [5.74, 6) is -3.44. The number of methoxy groups -OCH3 is 1. The van der Waals surface area contributed by atoms with Crippen molar-refractivity contribution in [3.8, 4) is 0 Å². The van der Waals surface area contributed by atoms with Crippen LogP contribution in [0, 0.1) is 0 Å². The van der Waals surface area contributed by atoms with Crippen molar-refractivity contribution in [1.29, 1.82) is 0 Å². The molecule has 0 saturated carbocycles. The summed E-state index contributed by atoms with van der Waals surface area (Å²) in [4.78, 5) is 57.8. The number of carbonyl (C=O) groups is 5. The molecule has 1 rings (SSSR count). The Bertz CT molecular complexity index is 604. The highest BCUT2D eigenvalue weighted by Gasteiger charge is 2.52. The molecule has 1 fully saturated rings. The minimum atomic E-state index is -1.39. The van der Waals surface area contributed by atoms with Gasteiger partial charge in [0.15, 0.2) is 12.2 Å². The second-order valence-corrected chi connectivity index (χ2v) is 5.81. The summed E-state index contributed by atoms with van der Waals surface area (Å²) in [5, 5.41) is 2.46. The molecular formula is C16H23NO10. The lowest BCUT2D eigenvalue weighted by atomic mass is 9.94. The smallest absolute Gasteiger partial charge is 0.308 e. The average molecular weight is 389 g/mol. The van der Waals surface area contributed by atoms with Gasteiger partial charge in [0, 0.05) is 27.7 Å². The maximum atomic E-state index is 11.7. The quantitative estimate of drug-likeness (QED) is 0.453. The maximum Gasteiger partial charge on any atom is 0.308 e. The Kier molecular flexibility index (Phi) is 8.16. The zero-order chi connectivity index (χ0) is 20.7. The monoisotopic (exact) mass is 389 g/mol. The van der Waals surface area contributed by atoms with Crippen LogP contribution in [0.15, 0.2) is 0 Å². The van der Waals surface area contributed by atoms with Crippen LogP contribution < -0.4 is 5.32 Å². The number of esters is 4. The molecule has 1 aliphatic rings. The third-order valence-electron chi connectivity index (χ3n) is 3.50. The fourth-order valence-electron chi connectivity index (χ4n) is 2.63. The van der Waals surface area contributed by atoms with Gasteiger partial charge >= 0.3 is 23.9 Å². The molecule has 0 aromatic heterocycles. The molecule has 11 heteroatoms. The fourth-order valence-corrected chi connectivity index (χ4v) is 2.63. The normalized spacial score (nSPS) is 27.1. The van der Waals surface area contributed by atoms with Crippen molar-refractivity contribution in [2.24, 2.45) is 0 Å². The topological polar surface area (TPSA) is 144 Å². The van der Waals surface area contributed by atoms with Crippen molar-refractivity contribution in [2.75, 3.05) is 7.11 Å². The van der Waals surface area contributed by atoms with Crippen molar-refractivity contribution >= 4 is 29.8 Å². The van der Waals surface area contributed by atoms with Crippen LogP contribution in [0.4, 0.5) is 0 Å². The van der Waals surface area contributed by atoms with Crippen LogP contribution in [0.3, 0.4) is 0 Å². The van der Waals surface area contributed by atoms with Gasteiger partial charge in [-0.1, -0.05) is 0 Å². The van der Waals surface area contributed by atoms with Crippen molar-refractivity contribution < 1.29 is 47.7 Å². The summed E-state index contributed by atoms with van der Waals surface area (Å²) in [5.41, 5.74) is 0. The largest absolute Gasteiger partial charge is 0.469 e. The molecule has 1 heterocycles. The zero-order valence-corrected chi connectivity index (χ0v) is 15.7. The first-order valence-corrected chi connectivity index (χ1v) is 8.06. The predicted octanol–water partition coefficient (Wildman–Crippen LogP) is -0.794. The lowest BCUT2D eigenvalue weighted by molar-refractivity contribution is -0.265. The molecule has 5 atom stereocenters. The van der Waals surface area contributed by atoms with Gasteiger partial charge in [0.2, 0.25) is 12.2 Å². The molecule has 11 nitrogen and oxygen atoms in total. The Balaban J connectivity index is 3.33. The van der Waals surface area contributed by atoms with Gasteiger partial charge in [0.25, 0.3) is 0 Å². The van der Waals surface area contributed by atoms with Gasteiger partial charge in [-0.25, -0.2) is 0 Å². The fraction of sp³-hybridized carbons (Fsp3) is 0.688. The van der Waals surface area contributed by atoms with E-state index in [4.69, 9.17) is 18.9 Å². The molecule has 0 radical (unpaired) electrons. The molecule has 0 bridgehead atoms. The Morgan fingerprint density at radius 1 is 0.852 bits per heavy atom. The number of ether oxygens (including phenoxy) is 5. The highest BCUT2D eigenvalue weighted by atomic mass is 16.7. The second kappa shape index (κ2) is 9.86. The van der Waals surface area contributed by atoms with E-state index in [2.05, 4.69) is 10.1 Å². The Morgan fingerprint density at radius 3 is 1.81 bits per heavy atom. The van der Waals surface area contributed by atoms with Gasteiger partial charge in [-0.05, 0) is 0 Å². The van der Waals surface area contributed by atoms with E-state index in [1.165, 1.54) is 6.92 Å². The minimum absolute atomic E-state index is 0.378. The van der Waals surface area contributed by atoms with E-state index in [0.29, 0.717) is 0 Å². The summed E-state index contributed by atoms with van der Waals surface area (Å²) in [7, 11) is 1.15. The molecule has 1 saturated heterocycles. The average Bonchev–Trinajstić information content (AvgIpc) is 2.52. The van der Waals surface area contributed by atoms with E-state index in [1.807, 2.05) is 0 Å². The number of rotatable bonds is 6. The number of amides is 1. The van der Waals surface area contributed by atoms with E-state index >= 15 is 0 Å². The summed E-state index contributed by atoms with van der Waals surface area (Å²) in [6.45, 7) is 4.53. The number of nitrogens with one attached hydrogen (secondary N) is 1. The first kappa shape index (κ1) is 22.4. The van der Waals surface area contributed by atoms with Gasteiger partial charge in [0.1, 0.15) is 12.1 Å². The van der Waals surface area contributed by atoms with Crippen molar-refractivity contribution in [1.82, 2.24) is 5.32 Å². The van der Waals surface area contributed by atoms with E-state index in [0.717, 1.165) is 27.9 Å². The van der Waals surface area contributed by atoms with Crippen LogP contribution in [-0.2, 0) is 47.7 Å². The van der Waals surface area contributed by atoms with Gasteiger partial charge in [0.05, 0.1) is 13.5 Å². The van der Waals surface area contributed by atoms with Crippen LogP contribution >= 0.6 is 0 Å². The molecule has 152 valence electrons. The number of hydrogen-bond acceptors (Lipinski definition) is 10. The molecule has 5 unspecified atom stereocenters. The zero-order valence-electron chi connectivity index (χ0n) is 15.7. The molecule has 27 heavy (non-hydrogen) atoms. The van der Waals surface area contributed by atoms with E-state index in [-0.39, 0.29) is 6.42 Å². The van der Waals surface area contributed by atoms with Crippen LogP contribution in [0.1, 0.15) is 34.1 Å². The van der Waals surface area contributed by atoms with Crippen LogP contribution in [0.25, 0.3) is 0 Å². The van der Waals surface area contributed by atoms with E-state index < -0.39 is 60.4 Å². The summed E-state index contributed by atoms with van der Waals surface area (Å²) in [6.07, 6.45) is -5.45. The third-order valence-corrected chi connectivity index (χ3v) is 3.50. The van der Waals surface area contributed by atoms with Gasteiger partial charge in [-0.2, -0.15) is 0 Å². The molecule has 0 aliphatic carbocycles. The first-order valence-electron chi connectivity index (χ1n) is 8.06. The summed E-state index contributed by atoms with van der Waals surface area (Å²) in [6, 6.07) is -1.17. The lowest BCUT2D eigenvalue weighted by Crippen LogP contribution is -2.66. The Labute approximate surface area is 155 Å². The van der Waals surface area contributed by atoms with Crippen LogP contribution in [-0.4, -0.2) is 67.5 Å². The highest BCUT2D eigenvalue weighted by Crippen LogP contribution is 2.29. The Morgan fingerprint density at radius 2 is 1.37 bits per heavy atom. The molecule has 0 aromatic carbocycles. The highest BCUT2D eigenvalue weighted by molar-refractivity contribution is 5.74. The Hall–Kier alpha value is -2.69. The van der Waals surface area contributed by atoms with E-state index in [1.54, 1.807) is 0 Å². The SMILES string of the molecule is COC(=O)CC1OC(OC(C)=O)C(NC(C)=O)C(OC(C)=O)C1OC(C)=O. The van der Waals surface area contributed by atoms with E-state index in [9.17, 15) is 24.0 Å². The molecule has 1 N–H and O–H groups in total. The summed E-state index contributed by atoms with van der Waals surface area (Å²) >= 11 is 0. The second-order valence-electron chi connectivity index (χ2n) is 5.81. The lowest BCUT2D eigenvalue weighted by Gasteiger charge is -2.44. The van der Waals surface area contributed by atoms with Crippen molar-refractivity contribution in [3.63, 3.8) is 0 Å². The van der Waals surface area contributed by atoms with Gasteiger partial charge in [-0.3, -0.25) is 24.0 Å². The first-order chi connectivity index (χ1) is 12.5. The van der Waals surface area contributed by atoms with Crippen molar-refractivity contribution in [2.45, 2.75) is 64.8 Å². The van der Waals surface area contributed by atoms with Gasteiger partial charge < -0.3 is 29.0 Å². The standard InChI is InChI=1S/C16H23NO10/c1-7(18)17-13-15(25-9(3)20)14(24-8(2)19)11(6-12(22)23-5)27-16(13)26-10(4)21/h11,13-16H,6H2,1-5H3,(H,17,18). The minimum Gasteiger partial charge on any atom is -0.469 e. The number of hydrogen-bond donors (Lipinski definition) is 1. The molecular weight excluding hydrogens is 366 g/mol. The predicted molar refractivity (Wildman–Crippen MR) is 85.8 cm³/mol. The number of carbonyl (C=O) groups excluding carboxylic acids is 5. The molecule has 1 amide bonds. The molecule has 0 aromatic rings. The van der Waals surface area contributed by atoms with Crippen molar-refractivity contribution in [3.05, 3.63) is 0 Å². The molecule has 1 aliphatic heterocycles.